The maximum Gasteiger partial charge on any atom is 0.193 e. The lowest BCUT2D eigenvalue weighted by atomic mass is 10.1. The van der Waals surface area contributed by atoms with Gasteiger partial charge in [-0.2, -0.15) is 0 Å². The number of nitrogens with one attached hydrogen (secondary N) is 1. The Balaban J connectivity index is 1.63. The van der Waals surface area contributed by atoms with Crippen LogP contribution in [0.5, 0.6) is 0 Å². The molecule has 0 saturated carbocycles. The summed E-state index contributed by atoms with van der Waals surface area (Å²) < 4.78 is 10.9. The number of hydrogen-bond acceptors (Lipinski definition) is 3. The quantitative estimate of drug-likeness (QED) is 0.473. The van der Waals surface area contributed by atoms with E-state index in [4.69, 9.17) is 9.47 Å². The maximum absolute atomic E-state index is 5.68. The van der Waals surface area contributed by atoms with Crippen molar-refractivity contribution in [1.29, 1.82) is 0 Å². The number of likely N-dealkylation sites (tertiary alicyclic amines) is 1. The van der Waals surface area contributed by atoms with Crippen molar-refractivity contribution in [2.24, 2.45) is 10.9 Å². The number of hydrogen-bond donors (Lipinski definition) is 1. The molecule has 122 valence electrons. The van der Waals surface area contributed by atoms with E-state index in [-0.39, 0.29) is 0 Å². The summed E-state index contributed by atoms with van der Waals surface area (Å²) in [5.41, 5.74) is 1.20. The third-order valence-corrected chi connectivity index (χ3v) is 3.84. The Kier molecular flexibility index (Phi) is 7.19. The van der Waals surface area contributed by atoms with Crippen molar-refractivity contribution in [2.45, 2.75) is 13.0 Å². The van der Waals surface area contributed by atoms with Gasteiger partial charge in [-0.15, -0.1) is 0 Å². The van der Waals surface area contributed by atoms with E-state index in [1.54, 1.807) is 7.11 Å². The van der Waals surface area contributed by atoms with E-state index in [2.05, 4.69) is 27.3 Å². The first-order chi connectivity index (χ1) is 10.8. The zero-order valence-corrected chi connectivity index (χ0v) is 13.6. The van der Waals surface area contributed by atoms with Crippen LogP contribution < -0.4 is 5.32 Å². The molecule has 1 heterocycles. The van der Waals surface area contributed by atoms with Gasteiger partial charge in [0.15, 0.2) is 5.96 Å². The highest BCUT2D eigenvalue weighted by atomic mass is 16.5. The van der Waals surface area contributed by atoms with Crippen LogP contribution >= 0.6 is 0 Å². The molecule has 5 nitrogen and oxygen atoms in total. The van der Waals surface area contributed by atoms with E-state index in [1.165, 1.54) is 12.0 Å². The number of aliphatic imine (C=N–C) groups is 1. The molecule has 0 bridgehead atoms. The molecule has 1 saturated heterocycles. The molecule has 1 unspecified atom stereocenters. The van der Waals surface area contributed by atoms with Gasteiger partial charge in [-0.05, 0) is 12.0 Å². The van der Waals surface area contributed by atoms with Crippen molar-refractivity contribution in [3.05, 3.63) is 35.9 Å². The minimum Gasteiger partial charge on any atom is -0.384 e. The highest BCUT2D eigenvalue weighted by molar-refractivity contribution is 5.80. The topological polar surface area (TPSA) is 46.1 Å². The number of rotatable bonds is 7. The van der Waals surface area contributed by atoms with Gasteiger partial charge in [-0.3, -0.25) is 4.99 Å². The third kappa shape index (κ3) is 5.31. The Morgan fingerprint density at radius 2 is 2.18 bits per heavy atom. The van der Waals surface area contributed by atoms with Crippen molar-refractivity contribution < 1.29 is 9.47 Å². The Morgan fingerprint density at radius 3 is 2.91 bits per heavy atom. The van der Waals surface area contributed by atoms with Crippen molar-refractivity contribution >= 4 is 5.96 Å². The fourth-order valence-corrected chi connectivity index (χ4v) is 2.73. The van der Waals surface area contributed by atoms with Crippen LogP contribution in [0.3, 0.4) is 0 Å². The lowest BCUT2D eigenvalue weighted by molar-refractivity contribution is 0.125. The fourth-order valence-electron chi connectivity index (χ4n) is 2.73. The summed E-state index contributed by atoms with van der Waals surface area (Å²) in [6.45, 7) is 4.97. The molecule has 1 aromatic rings. The van der Waals surface area contributed by atoms with Crippen molar-refractivity contribution in [3.63, 3.8) is 0 Å². The summed E-state index contributed by atoms with van der Waals surface area (Å²) in [5, 5.41) is 3.37. The molecule has 1 atom stereocenters. The molecule has 1 N–H and O–H groups in total. The highest BCUT2D eigenvalue weighted by Crippen LogP contribution is 2.16. The van der Waals surface area contributed by atoms with Crippen LogP contribution in [-0.2, 0) is 16.1 Å². The van der Waals surface area contributed by atoms with E-state index in [0.29, 0.717) is 19.1 Å². The van der Waals surface area contributed by atoms with Crippen LogP contribution in [-0.4, -0.2) is 57.9 Å². The van der Waals surface area contributed by atoms with E-state index >= 15 is 0 Å². The molecular weight excluding hydrogens is 278 g/mol. The second-order valence-electron chi connectivity index (χ2n) is 5.57. The Morgan fingerprint density at radius 1 is 1.36 bits per heavy atom. The second-order valence-corrected chi connectivity index (χ2v) is 5.57. The summed E-state index contributed by atoms with van der Waals surface area (Å²) in [6.07, 6.45) is 1.17. The molecule has 1 aromatic carbocycles. The molecule has 0 radical (unpaired) electrons. The minimum atomic E-state index is 0.609. The van der Waals surface area contributed by atoms with Gasteiger partial charge in [-0.1, -0.05) is 30.3 Å². The maximum atomic E-state index is 5.68. The zero-order chi connectivity index (χ0) is 15.6. The van der Waals surface area contributed by atoms with Crippen molar-refractivity contribution in [1.82, 2.24) is 10.2 Å². The third-order valence-electron chi connectivity index (χ3n) is 3.84. The lowest BCUT2D eigenvalue weighted by Gasteiger charge is -2.21. The molecule has 5 heteroatoms. The molecule has 1 aliphatic rings. The van der Waals surface area contributed by atoms with Crippen molar-refractivity contribution in [3.8, 4) is 0 Å². The first kappa shape index (κ1) is 16.8. The zero-order valence-electron chi connectivity index (χ0n) is 13.6. The molecular formula is C17H27N3O2. The Labute approximate surface area is 133 Å². The average Bonchev–Trinajstić information content (AvgIpc) is 3.01. The SMILES string of the molecule is CN=C(NCCOCc1ccccc1)N1CCC(COC)C1. The largest absolute Gasteiger partial charge is 0.384 e. The van der Waals surface area contributed by atoms with Gasteiger partial charge in [0.2, 0.25) is 0 Å². The van der Waals surface area contributed by atoms with E-state index in [9.17, 15) is 0 Å². The summed E-state index contributed by atoms with van der Waals surface area (Å²) >= 11 is 0. The molecule has 22 heavy (non-hydrogen) atoms. The summed E-state index contributed by atoms with van der Waals surface area (Å²) in [6, 6.07) is 10.2. The van der Waals surface area contributed by atoms with E-state index in [1.807, 2.05) is 25.2 Å². The van der Waals surface area contributed by atoms with Gasteiger partial charge >= 0.3 is 0 Å². The first-order valence-electron chi connectivity index (χ1n) is 7.89. The fraction of sp³-hybridized carbons (Fsp3) is 0.588. The van der Waals surface area contributed by atoms with E-state index < -0.39 is 0 Å². The smallest absolute Gasteiger partial charge is 0.193 e. The van der Waals surface area contributed by atoms with Crippen molar-refractivity contribution in [2.75, 3.05) is 47.0 Å². The predicted molar refractivity (Wildman–Crippen MR) is 89.0 cm³/mol. The first-order valence-corrected chi connectivity index (χ1v) is 7.89. The molecule has 1 aliphatic heterocycles. The number of benzene rings is 1. The highest BCUT2D eigenvalue weighted by Gasteiger charge is 2.24. The lowest BCUT2D eigenvalue weighted by Crippen LogP contribution is -2.41. The molecule has 2 rings (SSSR count). The van der Waals surface area contributed by atoms with Crippen LogP contribution in [0.15, 0.2) is 35.3 Å². The number of guanidine groups is 1. The normalized spacial score (nSPS) is 18.7. The predicted octanol–water partition coefficient (Wildman–Crippen LogP) is 1.75. The number of nitrogens with zero attached hydrogens (tertiary/aromatic N) is 2. The van der Waals surface area contributed by atoms with Crippen LogP contribution in [0.25, 0.3) is 0 Å². The van der Waals surface area contributed by atoms with Gasteiger partial charge in [0.05, 0.1) is 19.8 Å². The second kappa shape index (κ2) is 9.43. The molecule has 0 aliphatic carbocycles. The van der Waals surface area contributed by atoms with Gasteiger partial charge in [0.25, 0.3) is 0 Å². The average molecular weight is 305 g/mol. The summed E-state index contributed by atoms with van der Waals surface area (Å²) in [7, 11) is 3.59. The van der Waals surface area contributed by atoms with Gasteiger partial charge in [-0.25, -0.2) is 0 Å². The molecule has 0 spiro atoms. The molecule has 0 amide bonds. The van der Waals surface area contributed by atoms with Gasteiger partial charge in [0.1, 0.15) is 0 Å². The summed E-state index contributed by atoms with van der Waals surface area (Å²) in [5.74, 6) is 1.57. The van der Waals surface area contributed by atoms with Gasteiger partial charge in [0, 0.05) is 39.7 Å². The monoisotopic (exact) mass is 305 g/mol. The van der Waals surface area contributed by atoms with Crippen LogP contribution in [0, 0.1) is 5.92 Å². The summed E-state index contributed by atoms with van der Waals surface area (Å²) in [4.78, 5) is 6.65. The van der Waals surface area contributed by atoms with Gasteiger partial charge < -0.3 is 19.7 Å². The Bertz CT molecular complexity index is 450. The van der Waals surface area contributed by atoms with Crippen LogP contribution in [0.4, 0.5) is 0 Å². The Hall–Kier alpha value is -1.59. The molecule has 0 aromatic heterocycles. The van der Waals surface area contributed by atoms with Crippen LogP contribution in [0.1, 0.15) is 12.0 Å². The standard InChI is InChI=1S/C17H27N3O2/c1-18-17(20-10-8-16(12-20)13-21-2)19-9-11-22-14-15-6-4-3-5-7-15/h3-7,16H,8-14H2,1-2H3,(H,18,19). The van der Waals surface area contributed by atoms with E-state index in [0.717, 1.165) is 32.2 Å². The number of ether oxygens (including phenoxy) is 2. The van der Waals surface area contributed by atoms with Crippen LogP contribution in [0.2, 0.25) is 0 Å². The minimum absolute atomic E-state index is 0.609. The number of methoxy groups -OCH3 is 1. The molecule has 1 fully saturated rings.